The molecule has 1 aliphatic rings. The van der Waals surface area contributed by atoms with Gasteiger partial charge in [0.15, 0.2) is 5.78 Å². The SMILES string of the molecule is COCCOc1ccccc1C(=O)CC1CCC1. The van der Waals surface area contributed by atoms with E-state index in [0.717, 1.165) is 0 Å². The fourth-order valence-corrected chi connectivity index (χ4v) is 2.13. The van der Waals surface area contributed by atoms with Crippen molar-refractivity contribution >= 4 is 5.78 Å². The van der Waals surface area contributed by atoms with Gasteiger partial charge in [-0.15, -0.1) is 0 Å². The Morgan fingerprint density at radius 2 is 2.06 bits per heavy atom. The molecule has 1 saturated carbocycles. The van der Waals surface area contributed by atoms with Crippen LogP contribution in [0, 0.1) is 5.92 Å². The number of hydrogen-bond acceptors (Lipinski definition) is 3. The minimum atomic E-state index is 0.202. The smallest absolute Gasteiger partial charge is 0.166 e. The van der Waals surface area contributed by atoms with Crippen molar-refractivity contribution in [3.8, 4) is 5.75 Å². The Morgan fingerprint density at radius 3 is 2.72 bits per heavy atom. The molecule has 0 amide bonds. The van der Waals surface area contributed by atoms with Gasteiger partial charge in [0.05, 0.1) is 12.2 Å². The van der Waals surface area contributed by atoms with E-state index in [4.69, 9.17) is 9.47 Å². The van der Waals surface area contributed by atoms with E-state index >= 15 is 0 Å². The summed E-state index contributed by atoms with van der Waals surface area (Å²) in [5, 5.41) is 0. The lowest BCUT2D eigenvalue weighted by Gasteiger charge is -2.24. The standard InChI is InChI=1S/C15H20O3/c1-17-9-10-18-15-8-3-2-7-13(15)14(16)11-12-5-4-6-12/h2-3,7-8,12H,4-6,9-11H2,1H3. The predicted molar refractivity (Wildman–Crippen MR) is 70.1 cm³/mol. The molecule has 0 saturated heterocycles. The molecule has 0 radical (unpaired) electrons. The van der Waals surface area contributed by atoms with Crippen molar-refractivity contribution in [3.05, 3.63) is 29.8 Å². The molecule has 18 heavy (non-hydrogen) atoms. The van der Waals surface area contributed by atoms with Gasteiger partial charge in [-0.05, 0) is 18.1 Å². The maximum Gasteiger partial charge on any atom is 0.166 e. The summed E-state index contributed by atoms with van der Waals surface area (Å²) in [4.78, 5) is 12.2. The van der Waals surface area contributed by atoms with Crippen LogP contribution in [-0.2, 0) is 4.74 Å². The lowest BCUT2D eigenvalue weighted by Crippen LogP contribution is -2.17. The first kappa shape index (κ1) is 13.1. The van der Waals surface area contributed by atoms with Crippen LogP contribution in [0.2, 0.25) is 0 Å². The molecule has 0 N–H and O–H groups in total. The molecule has 3 nitrogen and oxygen atoms in total. The first-order valence-corrected chi connectivity index (χ1v) is 6.55. The zero-order valence-corrected chi connectivity index (χ0v) is 10.9. The largest absolute Gasteiger partial charge is 0.490 e. The number of benzene rings is 1. The van der Waals surface area contributed by atoms with Gasteiger partial charge >= 0.3 is 0 Å². The quantitative estimate of drug-likeness (QED) is 0.549. The zero-order chi connectivity index (χ0) is 12.8. The van der Waals surface area contributed by atoms with Gasteiger partial charge in [-0.3, -0.25) is 4.79 Å². The summed E-state index contributed by atoms with van der Waals surface area (Å²) in [6.07, 6.45) is 4.31. The van der Waals surface area contributed by atoms with Gasteiger partial charge in [0, 0.05) is 13.5 Å². The molecule has 1 aromatic carbocycles. The summed E-state index contributed by atoms with van der Waals surface area (Å²) >= 11 is 0. The monoisotopic (exact) mass is 248 g/mol. The third-order valence-electron chi connectivity index (χ3n) is 3.43. The van der Waals surface area contributed by atoms with Gasteiger partial charge in [0.25, 0.3) is 0 Å². The van der Waals surface area contributed by atoms with Crippen LogP contribution >= 0.6 is 0 Å². The number of hydrogen-bond donors (Lipinski definition) is 0. The molecule has 0 heterocycles. The molecule has 0 bridgehead atoms. The van der Waals surface area contributed by atoms with Crippen LogP contribution in [0.25, 0.3) is 0 Å². The van der Waals surface area contributed by atoms with E-state index in [-0.39, 0.29) is 5.78 Å². The first-order chi connectivity index (χ1) is 8.81. The van der Waals surface area contributed by atoms with Crippen LogP contribution in [0.1, 0.15) is 36.0 Å². The molecule has 1 aromatic rings. The third kappa shape index (κ3) is 3.33. The summed E-state index contributed by atoms with van der Waals surface area (Å²) in [6.45, 7) is 1.01. The van der Waals surface area contributed by atoms with Gasteiger partial charge in [-0.1, -0.05) is 31.4 Å². The number of carbonyl (C=O) groups is 1. The summed E-state index contributed by atoms with van der Waals surface area (Å²) in [5.41, 5.74) is 0.709. The molecule has 0 aromatic heterocycles. The van der Waals surface area contributed by atoms with Crippen LogP contribution in [0.3, 0.4) is 0 Å². The second-order valence-electron chi connectivity index (χ2n) is 4.76. The second kappa shape index (κ2) is 6.55. The van der Waals surface area contributed by atoms with Crippen LogP contribution in [0.4, 0.5) is 0 Å². The summed E-state index contributed by atoms with van der Waals surface area (Å²) in [7, 11) is 1.64. The van der Waals surface area contributed by atoms with Gasteiger partial charge in [-0.25, -0.2) is 0 Å². The summed E-state index contributed by atoms with van der Waals surface area (Å²) in [5.74, 6) is 1.47. The second-order valence-corrected chi connectivity index (χ2v) is 4.76. The van der Waals surface area contributed by atoms with Crippen LogP contribution in [0.5, 0.6) is 5.75 Å². The van der Waals surface area contributed by atoms with Crippen molar-refractivity contribution in [3.63, 3.8) is 0 Å². The maximum absolute atomic E-state index is 12.2. The topological polar surface area (TPSA) is 35.5 Å². The van der Waals surface area contributed by atoms with E-state index in [1.807, 2.05) is 24.3 Å². The van der Waals surface area contributed by atoms with Crippen molar-refractivity contribution in [2.45, 2.75) is 25.7 Å². The lowest BCUT2D eigenvalue weighted by molar-refractivity contribution is 0.0929. The molecule has 2 rings (SSSR count). The number of para-hydroxylation sites is 1. The molecule has 98 valence electrons. The Morgan fingerprint density at radius 1 is 1.28 bits per heavy atom. The molecule has 1 aliphatic carbocycles. The molecule has 0 aliphatic heterocycles. The number of ketones is 1. The van der Waals surface area contributed by atoms with E-state index in [0.29, 0.717) is 36.9 Å². The van der Waals surface area contributed by atoms with Gasteiger partial charge < -0.3 is 9.47 Å². The molecule has 0 atom stereocenters. The van der Waals surface area contributed by atoms with Crippen molar-refractivity contribution in [2.24, 2.45) is 5.92 Å². The van der Waals surface area contributed by atoms with Crippen molar-refractivity contribution in [2.75, 3.05) is 20.3 Å². The normalized spacial score (nSPS) is 15.2. The average molecular weight is 248 g/mol. The van der Waals surface area contributed by atoms with Crippen LogP contribution < -0.4 is 4.74 Å². The van der Waals surface area contributed by atoms with Crippen molar-refractivity contribution in [1.29, 1.82) is 0 Å². The number of Topliss-reactive ketones (excluding diaryl/α,β-unsaturated/α-hetero) is 1. The fraction of sp³-hybridized carbons (Fsp3) is 0.533. The maximum atomic E-state index is 12.2. The van der Waals surface area contributed by atoms with Crippen LogP contribution in [0.15, 0.2) is 24.3 Å². The summed E-state index contributed by atoms with van der Waals surface area (Å²) in [6, 6.07) is 7.48. The fourth-order valence-electron chi connectivity index (χ4n) is 2.13. The molecule has 3 heteroatoms. The van der Waals surface area contributed by atoms with Crippen LogP contribution in [-0.4, -0.2) is 26.1 Å². The highest BCUT2D eigenvalue weighted by Crippen LogP contribution is 2.31. The highest BCUT2D eigenvalue weighted by atomic mass is 16.5. The minimum absolute atomic E-state index is 0.202. The molecule has 0 unspecified atom stereocenters. The van der Waals surface area contributed by atoms with E-state index in [1.54, 1.807) is 7.11 Å². The number of carbonyl (C=O) groups excluding carboxylic acids is 1. The Labute approximate surface area is 108 Å². The number of ether oxygens (including phenoxy) is 2. The molecular weight excluding hydrogens is 228 g/mol. The van der Waals surface area contributed by atoms with Crippen molar-refractivity contribution < 1.29 is 14.3 Å². The zero-order valence-electron chi connectivity index (χ0n) is 10.9. The Hall–Kier alpha value is -1.35. The number of rotatable bonds is 7. The van der Waals surface area contributed by atoms with Gasteiger partial charge in [0.2, 0.25) is 0 Å². The Balaban J connectivity index is 1.98. The highest BCUT2D eigenvalue weighted by Gasteiger charge is 2.22. The minimum Gasteiger partial charge on any atom is -0.490 e. The predicted octanol–water partition coefficient (Wildman–Crippen LogP) is 3.08. The van der Waals surface area contributed by atoms with E-state index in [2.05, 4.69) is 0 Å². The number of methoxy groups -OCH3 is 1. The highest BCUT2D eigenvalue weighted by molar-refractivity contribution is 5.98. The lowest BCUT2D eigenvalue weighted by atomic mass is 9.81. The molecule has 1 fully saturated rings. The van der Waals surface area contributed by atoms with E-state index < -0.39 is 0 Å². The van der Waals surface area contributed by atoms with E-state index in [9.17, 15) is 4.79 Å². The molecule has 0 spiro atoms. The first-order valence-electron chi connectivity index (χ1n) is 6.55. The van der Waals surface area contributed by atoms with Crippen molar-refractivity contribution in [1.82, 2.24) is 0 Å². The van der Waals surface area contributed by atoms with Gasteiger partial charge in [-0.2, -0.15) is 0 Å². The Bertz CT molecular complexity index is 396. The molecular formula is C15H20O3. The average Bonchev–Trinajstić information content (AvgIpc) is 2.34. The third-order valence-corrected chi connectivity index (χ3v) is 3.43. The van der Waals surface area contributed by atoms with E-state index in [1.165, 1.54) is 19.3 Å². The summed E-state index contributed by atoms with van der Waals surface area (Å²) < 4.78 is 10.5. The van der Waals surface area contributed by atoms with Gasteiger partial charge in [0.1, 0.15) is 12.4 Å². The Kier molecular flexibility index (Phi) is 4.76.